The molecule has 1 aliphatic rings. The van der Waals surface area contributed by atoms with E-state index >= 15 is 0 Å². The van der Waals surface area contributed by atoms with Crippen molar-refractivity contribution in [1.29, 1.82) is 0 Å². The van der Waals surface area contributed by atoms with Gasteiger partial charge in [-0.05, 0) is 57.0 Å². The molecule has 1 saturated heterocycles. The van der Waals surface area contributed by atoms with E-state index in [9.17, 15) is 13.2 Å². The highest BCUT2D eigenvalue weighted by molar-refractivity contribution is 7.89. The van der Waals surface area contributed by atoms with Crippen LogP contribution in [0, 0.1) is 0 Å². The minimum absolute atomic E-state index is 0.196. The molecular weight excluding hydrogens is 452 g/mol. The zero-order valence-corrected chi connectivity index (χ0v) is 20.3. The first kappa shape index (κ1) is 24.0. The van der Waals surface area contributed by atoms with Crippen LogP contribution in [0.2, 0.25) is 0 Å². The Morgan fingerprint density at radius 3 is 2.38 bits per heavy atom. The second-order valence-corrected chi connectivity index (χ2v) is 10.2. The summed E-state index contributed by atoms with van der Waals surface area (Å²) in [5.74, 6) is 0.302. The lowest BCUT2D eigenvalue weighted by Gasteiger charge is -2.28. The van der Waals surface area contributed by atoms with Crippen molar-refractivity contribution in [3.8, 4) is 11.3 Å². The molecule has 9 heteroatoms. The zero-order chi connectivity index (χ0) is 24.1. The fraction of sp³-hybridized carbons (Fsp3) is 0.360. The number of rotatable bonds is 8. The summed E-state index contributed by atoms with van der Waals surface area (Å²) in [6.07, 6.45) is 5.74. The Balaban J connectivity index is 1.64. The van der Waals surface area contributed by atoms with Gasteiger partial charge in [-0.1, -0.05) is 18.6 Å². The molecule has 2 aromatic carbocycles. The van der Waals surface area contributed by atoms with E-state index in [1.807, 2.05) is 13.8 Å². The molecule has 1 N–H and O–H groups in total. The highest BCUT2D eigenvalue weighted by atomic mass is 32.2. The van der Waals surface area contributed by atoms with Gasteiger partial charge in [0.2, 0.25) is 10.0 Å². The SMILES string of the molecule is CCN(CC)c1ccc(S(=O)(=O)N2CCCCC2)cc1NC(=O)c1ccc(-c2cnco2)cc1. The van der Waals surface area contributed by atoms with Gasteiger partial charge in [-0.3, -0.25) is 4.79 Å². The smallest absolute Gasteiger partial charge is 0.255 e. The largest absolute Gasteiger partial charge is 0.444 e. The first-order chi connectivity index (χ1) is 16.4. The summed E-state index contributed by atoms with van der Waals surface area (Å²) in [5, 5.41) is 2.95. The van der Waals surface area contributed by atoms with Crippen LogP contribution in [0.1, 0.15) is 43.5 Å². The number of carbonyl (C=O) groups excluding carboxylic acids is 1. The summed E-state index contributed by atoms with van der Waals surface area (Å²) in [6.45, 7) is 6.55. The number of benzene rings is 2. The Bertz CT molecular complexity index is 1210. The van der Waals surface area contributed by atoms with Gasteiger partial charge >= 0.3 is 0 Å². The van der Waals surface area contributed by atoms with Gasteiger partial charge in [-0.2, -0.15) is 4.31 Å². The third-order valence-electron chi connectivity index (χ3n) is 6.14. The number of piperidine rings is 1. The van der Waals surface area contributed by atoms with Crippen molar-refractivity contribution in [2.24, 2.45) is 0 Å². The van der Waals surface area contributed by atoms with Crippen LogP contribution < -0.4 is 10.2 Å². The van der Waals surface area contributed by atoms with Gasteiger partial charge in [0.1, 0.15) is 0 Å². The molecule has 1 fully saturated rings. The molecule has 0 saturated carbocycles. The molecule has 0 aliphatic carbocycles. The Morgan fingerprint density at radius 1 is 1.06 bits per heavy atom. The summed E-state index contributed by atoms with van der Waals surface area (Å²) in [6, 6.07) is 12.0. The maximum absolute atomic E-state index is 13.3. The van der Waals surface area contributed by atoms with E-state index in [4.69, 9.17) is 4.42 Å². The Labute approximate surface area is 200 Å². The summed E-state index contributed by atoms with van der Waals surface area (Å²) in [7, 11) is -3.62. The first-order valence-corrected chi connectivity index (χ1v) is 13.1. The molecule has 0 bridgehead atoms. The molecule has 2 heterocycles. The number of carbonyl (C=O) groups is 1. The van der Waals surface area contributed by atoms with Gasteiger partial charge in [-0.15, -0.1) is 0 Å². The van der Waals surface area contributed by atoms with Crippen LogP contribution in [-0.2, 0) is 10.0 Å². The molecule has 8 nitrogen and oxygen atoms in total. The zero-order valence-electron chi connectivity index (χ0n) is 19.5. The lowest BCUT2D eigenvalue weighted by atomic mass is 10.1. The molecule has 0 unspecified atom stereocenters. The molecule has 0 atom stereocenters. The molecule has 4 rings (SSSR count). The summed E-state index contributed by atoms with van der Waals surface area (Å²) >= 11 is 0. The third-order valence-corrected chi connectivity index (χ3v) is 8.03. The van der Waals surface area contributed by atoms with Crippen molar-refractivity contribution >= 4 is 27.3 Å². The van der Waals surface area contributed by atoms with Gasteiger partial charge < -0.3 is 14.6 Å². The van der Waals surface area contributed by atoms with E-state index in [1.54, 1.807) is 48.7 Å². The number of nitrogens with one attached hydrogen (secondary N) is 1. The fourth-order valence-corrected chi connectivity index (χ4v) is 5.75. The van der Waals surface area contributed by atoms with E-state index in [0.29, 0.717) is 30.1 Å². The highest BCUT2D eigenvalue weighted by Gasteiger charge is 2.27. The van der Waals surface area contributed by atoms with Crippen molar-refractivity contribution in [2.45, 2.75) is 38.0 Å². The molecule has 0 radical (unpaired) electrons. The minimum atomic E-state index is -3.62. The van der Waals surface area contributed by atoms with E-state index in [0.717, 1.165) is 43.6 Å². The van der Waals surface area contributed by atoms with Crippen LogP contribution in [0.5, 0.6) is 0 Å². The van der Waals surface area contributed by atoms with Crippen molar-refractivity contribution in [1.82, 2.24) is 9.29 Å². The Morgan fingerprint density at radius 2 is 1.76 bits per heavy atom. The van der Waals surface area contributed by atoms with Crippen molar-refractivity contribution in [2.75, 3.05) is 36.4 Å². The average molecular weight is 483 g/mol. The van der Waals surface area contributed by atoms with Crippen molar-refractivity contribution in [3.63, 3.8) is 0 Å². The molecule has 1 amide bonds. The van der Waals surface area contributed by atoms with Crippen LogP contribution in [0.3, 0.4) is 0 Å². The van der Waals surface area contributed by atoms with Gasteiger partial charge in [-0.25, -0.2) is 13.4 Å². The minimum Gasteiger partial charge on any atom is -0.444 e. The quantitative estimate of drug-likeness (QED) is 0.504. The number of oxazole rings is 1. The summed E-state index contributed by atoms with van der Waals surface area (Å²) < 4.78 is 33.3. The molecule has 180 valence electrons. The number of anilines is 2. The van der Waals surface area contributed by atoms with Gasteiger partial charge in [0, 0.05) is 37.3 Å². The molecule has 1 aliphatic heterocycles. The molecule has 3 aromatic rings. The summed E-state index contributed by atoms with van der Waals surface area (Å²) in [4.78, 5) is 19.3. The van der Waals surface area contributed by atoms with Gasteiger partial charge in [0.05, 0.1) is 22.5 Å². The van der Waals surface area contributed by atoms with Gasteiger partial charge in [0.15, 0.2) is 12.2 Å². The number of hydrogen-bond acceptors (Lipinski definition) is 6. The third kappa shape index (κ3) is 5.00. The van der Waals surface area contributed by atoms with Crippen LogP contribution in [0.4, 0.5) is 11.4 Å². The van der Waals surface area contributed by atoms with E-state index in [-0.39, 0.29) is 10.8 Å². The van der Waals surface area contributed by atoms with Crippen LogP contribution in [-0.4, -0.2) is 49.8 Å². The molecule has 1 aromatic heterocycles. The predicted octanol–water partition coefficient (Wildman–Crippen LogP) is 4.61. The second kappa shape index (κ2) is 10.4. The fourth-order valence-electron chi connectivity index (χ4n) is 4.21. The number of nitrogens with zero attached hydrogens (tertiary/aromatic N) is 3. The Hall–Kier alpha value is -3.17. The maximum atomic E-state index is 13.3. The lowest BCUT2D eigenvalue weighted by molar-refractivity contribution is 0.102. The average Bonchev–Trinajstić information content (AvgIpc) is 3.41. The van der Waals surface area contributed by atoms with Crippen LogP contribution in [0.15, 0.2) is 64.4 Å². The van der Waals surface area contributed by atoms with E-state index < -0.39 is 10.0 Å². The van der Waals surface area contributed by atoms with E-state index in [1.165, 1.54) is 10.7 Å². The van der Waals surface area contributed by atoms with Crippen molar-refractivity contribution < 1.29 is 17.6 Å². The number of hydrogen-bond donors (Lipinski definition) is 1. The molecule has 0 spiro atoms. The number of aromatic nitrogens is 1. The summed E-state index contributed by atoms with van der Waals surface area (Å²) in [5.41, 5.74) is 2.53. The standard InChI is InChI=1S/C25H30N4O4S/c1-3-28(4-2)23-13-12-21(34(31,32)29-14-6-5-7-15-29)16-22(23)27-25(30)20-10-8-19(9-11-20)24-17-26-18-33-24/h8-13,16-18H,3-7,14-15H2,1-2H3,(H,27,30). The molecular formula is C25H30N4O4S. The Kier molecular flexibility index (Phi) is 7.33. The van der Waals surface area contributed by atoms with Crippen LogP contribution in [0.25, 0.3) is 11.3 Å². The monoisotopic (exact) mass is 482 g/mol. The second-order valence-electron chi connectivity index (χ2n) is 8.21. The van der Waals surface area contributed by atoms with E-state index in [2.05, 4.69) is 15.2 Å². The number of sulfonamides is 1. The normalized spacial score (nSPS) is 14.6. The topological polar surface area (TPSA) is 95.8 Å². The predicted molar refractivity (Wildman–Crippen MR) is 133 cm³/mol. The van der Waals surface area contributed by atoms with Crippen molar-refractivity contribution in [3.05, 3.63) is 60.6 Å². The first-order valence-electron chi connectivity index (χ1n) is 11.6. The molecule has 34 heavy (non-hydrogen) atoms. The van der Waals surface area contributed by atoms with Crippen LogP contribution >= 0.6 is 0 Å². The lowest BCUT2D eigenvalue weighted by Crippen LogP contribution is -2.35. The highest BCUT2D eigenvalue weighted by Crippen LogP contribution is 2.31. The number of amides is 1. The van der Waals surface area contributed by atoms with Gasteiger partial charge in [0.25, 0.3) is 5.91 Å². The maximum Gasteiger partial charge on any atom is 0.255 e.